The number of aromatic amines is 1. The Bertz CT molecular complexity index is 1190. The van der Waals surface area contributed by atoms with Crippen molar-refractivity contribution in [2.45, 2.75) is 26.2 Å². The summed E-state index contributed by atoms with van der Waals surface area (Å²) in [4.78, 5) is 22.2. The molecule has 0 saturated carbocycles. The van der Waals surface area contributed by atoms with Gasteiger partial charge in [-0.1, -0.05) is 6.92 Å². The first-order valence-corrected chi connectivity index (χ1v) is 10.2. The topological polar surface area (TPSA) is 88.0 Å². The highest BCUT2D eigenvalue weighted by molar-refractivity contribution is 7.18. The number of nitrogens with one attached hydrogen (secondary N) is 1. The number of nitrogens with zero attached hydrogens (tertiary/aromatic N) is 2. The van der Waals surface area contributed by atoms with Gasteiger partial charge in [-0.2, -0.15) is 5.26 Å². The smallest absolute Gasteiger partial charge is 0.260 e. The van der Waals surface area contributed by atoms with E-state index < -0.39 is 0 Å². The molecule has 2 aromatic heterocycles. The van der Waals surface area contributed by atoms with E-state index in [2.05, 4.69) is 23.0 Å². The standard InChI is InChI=1S/C22H21N3O3S/c1-12-4-5-17-18(6-12)29-22-19(17)21(26)24-20(25-22)14(11-23)7-13-8-15(27-2)10-16(9-13)28-3/h7-10,12H,4-6H2,1-3H3,(H,24,25,26)/b14-7+. The minimum atomic E-state index is -0.179. The fraction of sp³-hybridized carbons (Fsp3) is 0.318. The van der Waals surface area contributed by atoms with Crippen LogP contribution in [0.5, 0.6) is 11.5 Å². The molecule has 0 aliphatic heterocycles. The molecule has 1 aliphatic rings. The molecule has 1 atom stereocenters. The lowest BCUT2D eigenvalue weighted by molar-refractivity contribution is 0.394. The first-order valence-electron chi connectivity index (χ1n) is 9.42. The van der Waals surface area contributed by atoms with Gasteiger partial charge in [0.2, 0.25) is 0 Å². The van der Waals surface area contributed by atoms with E-state index in [0.29, 0.717) is 27.6 Å². The van der Waals surface area contributed by atoms with Crippen molar-refractivity contribution in [2.75, 3.05) is 14.2 Å². The first-order chi connectivity index (χ1) is 14.0. The maximum atomic E-state index is 12.8. The van der Waals surface area contributed by atoms with E-state index in [0.717, 1.165) is 30.4 Å². The van der Waals surface area contributed by atoms with Crippen LogP contribution in [0.15, 0.2) is 23.0 Å². The van der Waals surface area contributed by atoms with Crippen LogP contribution < -0.4 is 15.0 Å². The largest absolute Gasteiger partial charge is 0.497 e. The number of allylic oxidation sites excluding steroid dienone is 1. The highest BCUT2D eigenvalue weighted by Gasteiger charge is 2.23. The number of ether oxygens (including phenoxy) is 2. The van der Waals surface area contributed by atoms with Crippen molar-refractivity contribution in [3.8, 4) is 17.6 Å². The van der Waals surface area contributed by atoms with Crippen LogP contribution in [0, 0.1) is 17.2 Å². The Kier molecular flexibility index (Phi) is 5.12. The Morgan fingerprint density at radius 3 is 2.69 bits per heavy atom. The molecule has 1 aromatic carbocycles. The monoisotopic (exact) mass is 407 g/mol. The Hall–Kier alpha value is -3.11. The maximum Gasteiger partial charge on any atom is 0.260 e. The lowest BCUT2D eigenvalue weighted by atomic mass is 9.89. The van der Waals surface area contributed by atoms with Crippen molar-refractivity contribution in [1.29, 1.82) is 5.26 Å². The van der Waals surface area contributed by atoms with Crippen molar-refractivity contribution >= 4 is 33.2 Å². The van der Waals surface area contributed by atoms with Crippen LogP contribution in [0.4, 0.5) is 0 Å². The number of nitriles is 1. The zero-order chi connectivity index (χ0) is 20.5. The summed E-state index contributed by atoms with van der Waals surface area (Å²) in [5.74, 6) is 2.12. The van der Waals surface area contributed by atoms with Gasteiger partial charge in [-0.15, -0.1) is 11.3 Å². The zero-order valence-corrected chi connectivity index (χ0v) is 17.4. The van der Waals surface area contributed by atoms with Crippen LogP contribution in [-0.4, -0.2) is 24.2 Å². The summed E-state index contributed by atoms with van der Waals surface area (Å²) in [6.45, 7) is 2.23. The third kappa shape index (κ3) is 3.64. The van der Waals surface area contributed by atoms with Crippen molar-refractivity contribution in [3.63, 3.8) is 0 Å². The summed E-state index contributed by atoms with van der Waals surface area (Å²) in [7, 11) is 3.14. The van der Waals surface area contributed by atoms with Gasteiger partial charge in [-0.3, -0.25) is 4.79 Å². The number of hydrogen-bond donors (Lipinski definition) is 1. The molecule has 7 heteroatoms. The number of H-pyrrole nitrogens is 1. The highest BCUT2D eigenvalue weighted by Crippen LogP contribution is 2.36. The molecule has 1 aliphatic carbocycles. The first kappa shape index (κ1) is 19.2. The van der Waals surface area contributed by atoms with Gasteiger partial charge in [0.15, 0.2) is 5.82 Å². The molecule has 0 radical (unpaired) electrons. The third-order valence-corrected chi connectivity index (χ3v) is 6.37. The molecule has 0 fully saturated rings. The second-order valence-electron chi connectivity index (χ2n) is 7.26. The van der Waals surface area contributed by atoms with Crippen LogP contribution >= 0.6 is 11.3 Å². The van der Waals surface area contributed by atoms with Crippen LogP contribution in [0.3, 0.4) is 0 Å². The van der Waals surface area contributed by atoms with Crippen LogP contribution in [-0.2, 0) is 12.8 Å². The van der Waals surface area contributed by atoms with E-state index in [1.54, 1.807) is 49.8 Å². The zero-order valence-electron chi connectivity index (χ0n) is 16.5. The van der Waals surface area contributed by atoms with Crippen molar-refractivity contribution in [2.24, 2.45) is 5.92 Å². The number of thiophene rings is 1. The Balaban J connectivity index is 1.82. The second kappa shape index (κ2) is 7.72. The van der Waals surface area contributed by atoms with E-state index in [1.807, 2.05) is 0 Å². The molecule has 3 aromatic rings. The lowest BCUT2D eigenvalue weighted by Crippen LogP contribution is -2.14. The van der Waals surface area contributed by atoms with Crippen molar-refractivity contribution in [3.05, 3.63) is 50.4 Å². The van der Waals surface area contributed by atoms with Gasteiger partial charge < -0.3 is 14.5 Å². The summed E-state index contributed by atoms with van der Waals surface area (Å²) in [6, 6.07) is 7.50. The van der Waals surface area contributed by atoms with E-state index in [4.69, 9.17) is 9.47 Å². The predicted molar refractivity (Wildman–Crippen MR) is 114 cm³/mol. The van der Waals surface area contributed by atoms with E-state index in [-0.39, 0.29) is 17.0 Å². The van der Waals surface area contributed by atoms with E-state index >= 15 is 0 Å². The average Bonchev–Trinajstić information content (AvgIpc) is 3.09. The van der Waals surface area contributed by atoms with Crippen LogP contribution in [0.2, 0.25) is 0 Å². The minimum Gasteiger partial charge on any atom is -0.497 e. The minimum absolute atomic E-state index is 0.179. The number of methoxy groups -OCH3 is 2. The average molecular weight is 407 g/mol. The molecule has 6 nitrogen and oxygen atoms in total. The lowest BCUT2D eigenvalue weighted by Gasteiger charge is -2.17. The summed E-state index contributed by atoms with van der Waals surface area (Å²) < 4.78 is 10.6. The predicted octanol–water partition coefficient (Wildman–Crippen LogP) is 4.19. The van der Waals surface area contributed by atoms with Gasteiger partial charge in [-0.25, -0.2) is 4.98 Å². The quantitative estimate of drug-likeness (QED) is 0.655. The second-order valence-corrected chi connectivity index (χ2v) is 8.35. The summed E-state index contributed by atoms with van der Waals surface area (Å²) in [5.41, 5.74) is 1.95. The van der Waals surface area contributed by atoms with Gasteiger partial charge in [0.1, 0.15) is 22.4 Å². The Labute approximate surface area is 172 Å². The van der Waals surface area contributed by atoms with Gasteiger partial charge in [0, 0.05) is 10.9 Å². The molecule has 2 heterocycles. The molecule has 148 valence electrons. The Morgan fingerprint density at radius 2 is 2.03 bits per heavy atom. The molecule has 4 rings (SSSR count). The summed E-state index contributed by atoms with van der Waals surface area (Å²) in [5, 5.41) is 10.4. The molecule has 0 amide bonds. The number of aromatic nitrogens is 2. The molecule has 0 spiro atoms. The molecule has 29 heavy (non-hydrogen) atoms. The van der Waals surface area contributed by atoms with Gasteiger partial charge in [-0.05, 0) is 54.5 Å². The molecule has 1 unspecified atom stereocenters. The number of benzene rings is 1. The van der Waals surface area contributed by atoms with E-state index in [1.165, 1.54) is 4.88 Å². The number of aryl methyl sites for hydroxylation is 1. The molecule has 1 N–H and O–H groups in total. The van der Waals surface area contributed by atoms with E-state index in [9.17, 15) is 10.1 Å². The highest BCUT2D eigenvalue weighted by atomic mass is 32.1. The van der Waals surface area contributed by atoms with Gasteiger partial charge in [0.25, 0.3) is 5.56 Å². The van der Waals surface area contributed by atoms with Crippen LogP contribution in [0.25, 0.3) is 21.9 Å². The maximum absolute atomic E-state index is 12.8. The number of hydrogen-bond acceptors (Lipinski definition) is 6. The normalized spacial score (nSPS) is 16.3. The van der Waals surface area contributed by atoms with Crippen molar-refractivity contribution in [1.82, 2.24) is 9.97 Å². The number of rotatable bonds is 4. The van der Waals surface area contributed by atoms with Crippen molar-refractivity contribution < 1.29 is 9.47 Å². The van der Waals surface area contributed by atoms with Gasteiger partial charge >= 0.3 is 0 Å². The summed E-state index contributed by atoms with van der Waals surface area (Å²) in [6.07, 6.45) is 4.65. The van der Waals surface area contributed by atoms with Crippen LogP contribution in [0.1, 0.15) is 35.2 Å². The molecule has 0 bridgehead atoms. The fourth-order valence-electron chi connectivity index (χ4n) is 3.71. The third-order valence-electron chi connectivity index (χ3n) is 5.23. The number of fused-ring (bicyclic) bond motifs is 3. The summed E-state index contributed by atoms with van der Waals surface area (Å²) >= 11 is 1.57. The van der Waals surface area contributed by atoms with Gasteiger partial charge in [0.05, 0.1) is 25.2 Å². The molecular weight excluding hydrogens is 386 g/mol. The molecular formula is C22H21N3O3S. The Morgan fingerprint density at radius 1 is 1.31 bits per heavy atom. The fourth-order valence-corrected chi connectivity index (χ4v) is 5.09. The SMILES string of the molecule is COc1cc(/C=C(\C#N)c2nc3sc4c(c3c(=O)[nH]2)CCC(C)C4)cc(OC)c1. The molecule has 0 saturated heterocycles.